The smallest absolute Gasteiger partial charge is 0.315 e. The highest BCUT2D eigenvalue weighted by atomic mass is 16.2. The number of urea groups is 1. The average Bonchev–Trinajstić information content (AvgIpc) is 2.90. The number of amides is 6. The highest BCUT2D eigenvalue weighted by Crippen LogP contribution is 2.30. The zero-order chi connectivity index (χ0) is 20.4. The SMILES string of the molecule is CCCCN(Cc1cccc2c1C(=O)N(C1CCC(=O)NC1=O)C2=O)C(N)=O. The van der Waals surface area contributed by atoms with E-state index in [1.165, 1.54) is 11.0 Å². The summed E-state index contributed by atoms with van der Waals surface area (Å²) in [5.41, 5.74) is 6.32. The normalized spacial score (nSPS) is 18.9. The number of rotatable bonds is 6. The summed E-state index contributed by atoms with van der Waals surface area (Å²) in [6, 6.07) is 3.19. The zero-order valence-corrected chi connectivity index (χ0v) is 15.6. The third-order valence-corrected chi connectivity index (χ3v) is 5.01. The van der Waals surface area contributed by atoms with E-state index in [2.05, 4.69) is 5.32 Å². The summed E-state index contributed by atoms with van der Waals surface area (Å²) in [5, 5.41) is 2.17. The first kappa shape index (κ1) is 19.5. The van der Waals surface area contributed by atoms with E-state index in [9.17, 15) is 24.0 Å². The number of hydrogen-bond donors (Lipinski definition) is 2. The first-order valence-electron chi connectivity index (χ1n) is 9.23. The molecule has 148 valence electrons. The molecule has 1 unspecified atom stereocenters. The lowest BCUT2D eigenvalue weighted by molar-refractivity contribution is -0.136. The number of nitrogens with two attached hydrogens (primary N) is 1. The fourth-order valence-electron chi connectivity index (χ4n) is 3.54. The number of carbonyl (C=O) groups excluding carboxylic acids is 5. The molecule has 0 bridgehead atoms. The van der Waals surface area contributed by atoms with Gasteiger partial charge in [-0.1, -0.05) is 25.5 Å². The van der Waals surface area contributed by atoms with E-state index in [-0.39, 0.29) is 30.5 Å². The maximum Gasteiger partial charge on any atom is 0.315 e. The Morgan fingerprint density at radius 3 is 2.64 bits per heavy atom. The molecule has 0 saturated carbocycles. The van der Waals surface area contributed by atoms with Crippen molar-refractivity contribution in [3.63, 3.8) is 0 Å². The van der Waals surface area contributed by atoms with Crippen LogP contribution in [0.5, 0.6) is 0 Å². The number of carbonyl (C=O) groups is 5. The molecule has 9 nitrogen and oxygen atoms in total. The molecular weight excluding hydrogens is 364 g/mol. The molecule has 1 atom stereocenters. The van der Waals surface area contributed by atoms with Gasteiger partial charge in [0.15, 0.2) is 0 Å². The number of unbranched alkanes of at least 4 members (excludes halogenated alkanes) is 1. The first-order chi connectivity index (χ1) is 13.3. The maximum atomic E-state index is 13.0. The average molecular weight is 386 g/mol. The van der Waals surface area contributed by atoms with Gasteiger partial charge < -0.3 is 10.6 Å². The Kier molecular flexibility index (Phi) is 5.43. The minimum absolute atomic E-state index is 0.0587. The van der Waals surface area contributed by atoms with Crippen molar-refractivity contribution in [1.82, 2.24) is 15.1 Å². The van der Waals surface area contributed by atoms with Crippen molar-refractivity contribution in [3.8, 4) is 0 Å². The molecule has 0 spiro atoms. The Balaban J connectivity index is 1.90. The minimum Gasteiger partial charge on any atom is -0.351 e. The minimum atomic E-state index is -1.02. The highest BCUT2D eigenvalue weighted by Gasteiger charge is 2.45. The van der Waals surface area contributed by atoms with E-state index < -0.39 is 35.7 Å². The van der Waals surface area contributed by atoms with Crippen molar-refractivity contribution in [3.05, 3.63) is 34.9 Å². The summed E-state index contributed by atoms with van der Waals surface area (Å²) in [6.07, 6.45) is 1.78. The molecule has 2 heterocycles. The van der Waals surface area contributed by atoms with Gasteiger partial charge in [-0.25, -0.2) is 4.79 Å². The third-order valence-electron chi connectivity index (χ3n) is 5.01. The lowest BCUT2D eigenvalue weighted by atomic mass is 10.0. The zero-order valence-electron chi connectivity index (χ0n) is 15.6. The fraction of sp³-hybridized carbons (Fsp3) is 0.421. The van der Waals surface area contributed by atoms with Crippen LogP contribution in [-0.2, 0) is 16.1 Å². The molecule has 3 N–H and O–H groups in total. The molecule has 3 rings (SSSR count). The number of piperidine rings is 1. The van der Waals surface area contributed by atoms with Crippen molar-refractivity contribution in [1.29, 1.82) is 0 Å². The quantitative estimate of drug-likeness (QED) is 0.698. The summed E-state index contributed by atoms with van der Waals surface area (Å²) in [4.78, 5) is 63.4. The van der Waals surface area contributed by atoms with Crippen LogP contribution in [-0.4, -0.2) is 52.0 Å². The van der Waals surface area contributed by atoms with Crippen molar-refractivity contribution in [2.75, 3.05) is 6.54 Å². The molecule has 0 aromatic heterocycles. The molecule has 6 amide bonds. The van der Waals surface area contributed by atoms with Gasteiger partial charge in [-0.05, 0) is 24.5 Å². The van der Waals surface area contributed by atoms with Gasteiger partial charge in [0, 0.05) is 19.5 Å². The second kappa shape index (κ2) is 7.79. The molecule has 1 fully saturated rings. The molecule has 1 saturated heterocycles. The molecule has 0 aliphatic carbocycles. The molecule has 1 aromatic carbocycles. The van der Waals surface area contributed by atoms with E-state index >= 15 is 0 Å². The largest absolute Gasteiger partial charge is 0.351 e. The van der Waals surface area contributed by atoms with Crippen LogP contribution in [0.4, 0.5) is 4.79 Å². The summed E-state index contributed by atoms with van der Waals surface area (Å²) in [5.74, 6) is -2.25. The third kappa shape index (κ3) is 3.47. The lowest BCUT2D eigenvalue weighted by Crippen LogP contribution is -2.54. The Labute approximate surface area is 161 Å². The van der Waals surface area contributed by atoms with E-state index in [0.717, 1.165) is 17.7 Å². The van der Waals surface area contributed by atoms with Crippen molar-refractivity contribution in [2.24, 2.45) is 5.73 Å². The van der Waals surface area contributed by atoms with Crippen LogP contribution >= 0.6 is 0 Å². The maximum absolute atomic E-state index is 13.0. The van der Waals surface area contributed by atoms with Crippen LogP contribution in [0.3, 0.4) is 0 Å². The van der Waals surface area contributed by atoms with Gasteiger partial charge in [-0.3, -0.25) is 29.4 Å². The summed E-state index contributed by atoms with van der Waals surface area (Å²) in [7, 11) is 0. The van der Waals surface area contributed by atoms with E-state index in [0.29, 0.717) is 12.1 Å². The summed E-state index contributed by atoms with van der Waals surface area (Å²) < 4.78 is 0. The van der Waals surface area contributed by atoms with Crippen LogP contribution in [0.1, 0.15) is 58.9 Å². The standard InChI is InChI=1S/C19H22N4O5/c1-2-3-9-22(19(20)28)10-11-5-4-6-12-15(11)18(27)23(17(12)26)13-7-8-14(24)21-16(13)25/h4-6,13H,2-3,7-10H2,1H3,(H2,20,28)(H,21,24,25). The summed E-state index contributed by atoms with van der Waals surface area (Å²) in [6.45, 7) is 2.52. The fourth-order valence-corrected chi connectivity index (χ4v) is 3.54. The number of nitrogens with zero attached hydrogens (tertiary/aromatic N) is 2. The van der Waals surface area contributed by atoms with Gasteiger partial charge in [0.1, 0.15) is 6.04 Å². The van der Waals surface area contributed by atoms with E-state index in [1.54, 1.807) is 12.1 Å². The summed E-state index contributed by atoms with van der Waals surface area (Å²) >= 11 is 0. The Morgan fingerprint density at radius 2 is 2.00 bits per heavy atom. The van der Waals surface area contributed by atoms with Gasteiger partial charge in [0.05, 0.1) is 11.1 Å². The molecule has 2 aliphatic heterocycles. The van der Waals surface area contributed by atoms with Gasteiger partial charge in [0.2, 0.25) is 11.8 Å². The lowest BCUT2D eigenvalue weighted by Gasteiger charge is -2.28. The number of fused-ring (bicyclic) bond motifs is 1. The number of hydrogen-bond acceptors (Lipinski definition) is 5. The van der Waals surface area contributed by atoms with Gasteiger partial charge in [-0.15, -0.1) is 0 Å². The molecule has 1 aromatic rings. The van der Waals surface area contributed by atoms with Crippen molar-refractivity contribution < 1.29 is 24.0 Å². The van der Waals surface area contributed by atoms with Crippen LogP contribution in [0.2, 0.25) is 0 Å². The number of primary amides is 1. The highest BCUT2D eigenvalue weighted by molar-refractivity contribution is 6.24. The van der Waals surface area contributed by atoms with Gasteiger partial charge in [0.25, 0.3) is 11.8 Å². The molecule has 28 heavy (non-hydrogen) atoms. The predicted octanol–water partition coefficient (Wildman–Crippen LogP) is 0.769. The second-order valence-electron chi connectivity index (χ2n) is 6.90. The van der Waals surface area contributed by atoms with Crippen LogP contribution in [0.15, 0.2) is 18.2 Å². The van der Waals surface area contributed by atoms with Gasteiger partial charge >= 0.3 is 6.03 Å². The number of imide groups is 2. The number of benzene rings is 1. The van der Waals surface area contributed by atoms with Crippen LogP contribution in [0, 0.1) is 0 Å². The van der Waals surface area contributed by atoms with Crippen molar-refractivity contribution >= 4 is 29.7 Å². The van der Waals surface area contributed by atoms with E-state index in [1.807, 2.05) is 6.92 Å². The topological polar surface area (TPSA) is 130 Å². The second-order valence-corrected chi connectivity index (χ2v) is 6.90. The van der Waals surface area contributed by atoms with Crippen LogP contribution < -0.4 is 11.1 Å². The Bertz CT molecular complexity index is 866. The van der Waals surface area contributed by atoms with Gasteiger partial charge in [-0.2, -0.15) is 0 Å². The predicted molar refractivity (Wildman–Crippen MR) is 98.0 cm³/mol. The van der Waals surface area contributed by atoms with E-state index in [4.69, 9.17) is 5.73 Å². The number of nitrogens with one attached hydrogen (secondary N) is 1. The van der Waals surface area contributed by atoms with Crippen molar-refractivity contribution in [2.45, 2.75) is 45.2 Å². The Hall–Kier alpha value is -3.23. The Morgan fingerprint density at radius 1 is 1.25 bits per heavy atom. The first-order valence-corrected chi connectivity index (χ1v) is 9.23. The molecule has 2 aliphatic rings. The van der Waals surface area contributed by atoms with Crippen LogP contribution in [0.25, 0.3) is 0 Å². The monoisotopic (exact) mass is 386 g/mol. The molecule has 9 heteroatoms. The molecule has 0 radical (unpaired) electrons. The molecular formula is C19H22N4O5.